The lowest BCUT2D eigenvalue weighted by Crippen LogP contribution is -2.83. The van der Waals surface area contributed by atoms with Crippen molar-refractivity contribution in [2.24, 2.45) is 0 Å². The molecule has 1 aliphatic rings. The molecule has 184 valence electrons. The minimum absolute atomic E-state index is 0.290. The maximum atomic E-state index is 12.0. The van der Waals surface area contributed by atoms with Crippen LogP contribution in [-0.2, 0) is 39.1 Å². The molecule has 1 saturated heterocycles. The average Bonchev–Trinajstić information content (AvgIpc) is 3.12. The molecule has 1 aliphatic heterocycles. The fraction of sp³-hybridized carbons (Fsp3) is 0.429. The van der Waals surface area contributed by atoms with E-state index >= 15 is 0 Å². The molecule has 0 bridgehead atoms. The van der Waals surface area contributed by atoms with E-state index in [0.717, 1.165) is 25.5 Å². The Balaban J connectivity index is 2.33. The molecule has 4 N–H and O–H groups in total. The quantitative estimate of drug-likeness (QED) is 0.235. The van der Waals surface area contributed by atoms with Crippen LogP contribution in [0.4, 0.5) is 0 Å². The number of benzene rings is 1. The lowest BCUT2D eigenvalue weighted by Gasteiger charge is -2.56. The highest BCUT2D eigenvalue weighted by molar-refractivity contribution is 5.69. The molecule has 13 nitrogen and oxygen atoms in total. The van der Waals surface area contributed by atoms with Crippen LogP contribution in [0.1, 0.15) is 32.2 Å². The first-order valence-electron chi connectivity index (χ1n) is 9.94. The Labute approximate surface area is 193 Å². The van der Waals surface area contributed by atoms with Crippen molar-refractivity contribution in [3.63, 3.8) is 0 Å². The molecule has 1 aromatic heterocycles. The highest BCUT2D eigenvalue weighted by Gasteiger charge is 2.83. The first-order chi connectivity index (χ1) is 15.7. The van der Waals surface area contributed by atoms with Crippen molar-refractivity contribution in [3.8, 4) is 5.69 Å². The molecule has 1 fully saturated rings. The molecular formula is C21H24N2O11. The molecule has 2 aromatic rings. The van der Waals surface area contributed by atoms with Crippen molar-refractivity contribution >= 4 is 17.9 Å². The molecule has 3 rings (SSSR count). The van der Waals surface area contributed by atoms with Gasteiger partial charge < -0.3 is 39.4 Å². The molecular weight excluding hydrogens is 456 g/mol. The predicted octanol–water partition coefficient (Wildman–Crippen LogP) is -0.889. The number of carbonyl (C=O) groups excluding carboxylic acids is 3. The molecule has 0 spiro atoms. The van der Waals surface area contributed by atoms with E-state index in [4.69, 9.17) is 18.9 Å². The van der Waals surface area contributed by atoms with Gasteiger partial charge in [-0.15, -0.1) is 0 Å². The molecule has 1 aromatic carbocycles. The zero-order chi connectivity index (χ0) is 25.5. The zero-order valence-electron chi connectivity index (χ0n) is 18.7. The standard InChI is InChI=1S/C21H24N2O11/c1-12-10-17(23(22-12)16-8-6-5-7-9-16)19(28)21(30,34-15(4)26)20(29,33-14(3)25)18(27,11-31-19)32-13(2)24/h5-10,27-30H,11H2,1-4H3/t18-,19?,20+,21+/m0/s1. The predicted molar refractivity (Wildman–Crippen MR) is 108 cm³/mol. The first-order valence-corrected chi connectivity index (χ1v) is 9.94. The van der Waals surface area contributed by atoms with E-state index in [1.54, 1.807) is 30.3 Å². The van der Waals surface area contributed by atoms with Gasteiger partial charge in [-0.05, 0) is 25.1 Å². The summed E-state index contributed by atoms with van der Waals surface area (Å²) in [5, 5.41) is 49.8. The van der Waals surface area contributed by atoms with Crippen LogP contribution in [0, 0.1) is 6.92 Å². The van der Waals surface area contributed by atoms with Crippen molar-refractivity contribution in [3.05, 3.63) is 47.8 Å². The van der Waals surface area contributed by atoms with E-state index in [2.05, 4.69) is 5.10 Å². The Hall–Kier alpha value is -3.36. The maximum Gasteiger partial charge on any atom is 0.352 e. The number of aryl methyl sites for hydroxylation is 1. The van der Waals surface area contributed by atoms with E-state index in [0.29, 0.717) is 5.69 Å². The van der Waals surface area contributed by atoms with Crippen molar-refractivity contribution < 1.29 is 53.8 Å². The van der Waals surface area contributed by atoms with Crippen LogP contribution in [0.5, 0.6) is 0 Å². The lowest BCUT2D eigenvalue weighted by atomic mass is 9.83. The van der Waals surface area contributed by atoms with Gasteiger partial charge in [0, 0.05) is 20.8 Å². The van der Waals surface area contributed by atoms with Crippen molar-refractivity contribution in [1.29, 1.82) is 0 Å². The fourth-order valence-electron chi connectivity index (χ4n) is 3.69. The molecule has 0 radical (unpaired) electrons. The van der Waals surface area contributed by atoms with Crippen LogP contribution >= 0.6 is 0 Å². The maximum absolute atomic E-state index is 12.0. The number of hydrogen-bond donors (Lipinski definition) is 4. The minimum Gasteiger partial charge on any atom is -0.423 e. The summed E-state index contributed by atoms with van der Waals surface area (Å²) < 4.78 is 20.8. The van der Waals surface area contributed by atoms with Gasteiger partial charge in [0.1, 0.15) is 12.3 Å². The van der Waals surface area contributed by atoms with Crippen LogP contribution in [-0.4, -0.2) is 72.1 Å². The van der Waals surface area contributed by atoms with Crippen molar-refractivity contribution in [2.45, 2.75) is 50.8 Å². The number of nitrogens with zero attached hydrogens (tertiary/aromatic N) is 2. The number of aromatic nitrogens is 2. The second-order valence-electron chi connectivity index (χ2n) is 7.70. The minimum atomic E-state index is -3.79. The SMILES string of the molecule is CC(=O)O[C@]1(O)[C@@](O)(OC(C)=O)COC(O)(c2cc(C)nn2-c2ccccc2)[C@@]1(O)OC(C)=O. The molecule has 4 atom stereocenters. The smallest absolute Gasteiger partial charge is 0.352 e. The third-order valence-corrected chi connectivity index (χ3v) is 5.00. The van der Waals surface area contributed by atoms with Crippen molar-refractivity contribution in [2.75, 3.05) is 6.61 Å². The van der Waals surface area contributed by atoms with E-state index in [-0.39, 0.29) is 5.69 Å². The summed E-state index contributed by atoms with van der Waals surface area (Å²) in [5.41, 5.74) is 0.248. The summed E-state index contributed by atoms with van der Waals surface area (Å²) in [6.45, 7) is 2.72. The highest BCUT2D eigenvalue weighted by Crippen LogP contribution is 2.52. The number of carbonyl (C=O) groups is 3. The molecule has 0 saturated carbocycles. The number of aliphatic hydroxyl groups is 4. The number of esters is 3. The van der Waals surface area contributed by atoms with Gasteiger partial charge in [-0.3, -0.25) is 14.4 Å². The third-order valence-electron chi connectivity index (χ3n) is 5.00. The second-order valence-corrected chi connectivity index (χ2v) is 7.70. The van der Waals surface area contributed by atoms with Gasteiger partial charge in [-0.2, -0.15) is 5.10 Å². The van der Waals surface area contributed by atoms with Crippen LogP contribution < -0.4 is 0 Å². The third kappa shape index (κ3) is 3.82. The lowest BCUT2D eigenvalue weighted by molar-refractivity contribution is -0.549. The number of hydrogen-bond acceptors (Lipinski definition) is 12. The number of ether oxygens (including phenoxy) is 4. The largest absolute Gasteiger partial charge is 0.423 e. The molecule has 13 heteroatoms. The van der Waals surface area contributed by atoms with E-state index in [1.165, 1.54) is 13.0 Å². The van der Waals surface area contributed by atoms with Crippen LogP contribution in [0.25, 0.3) is 5.69 Å². The van der Waals surface area contributed by atoms with Gasteiger partial charge in [0.05, 0.1) is 11.4 Å². The normalized spacial score (nSPS) is 30.9. The Morgan fingerprint density at radius 1 is 0.912 bits per heavy atom. The van der Waals surface area contributed by atoms with Crippen molar-refractivity contribution in [1.82, 2.24) is 9.78 Å². The van der Waals surface area contributed by atoms with E-state index < -0.39 is 53.4 Å². The van der Waals surface area contributed by atoms with Crippen LogP contribution in [0.2, 0.25) is 0 Å². The van der Waals surface area contributed by atoms with Gasteiger partial charge in [0.25, 0.3) is 5.79 Å². The number of rotatable bonds is 5. The molecule has 2 heterocycles. The van der Waals surface area contributed by atoms with Gasteiger partial charge in [-0.1, -0.05) is 18.2 Å². The molecule has 1 unspecified atom stereocenters. The Bertz CT molecular complexity index is 1120. The van der Waals surface area contributed by atoms with Crippen LogP contribution in [0.3, 0.4) is 0 Å². The zero-order valence-corrected chi connectivity index (χ0v) is 18.7. The van der Waals surface area contributed by atoms with Gasteiger partial charge in [0.2, 0.25) is 0 Å². The summed E-state index contributed by atoms with van der Waals surface area (Å²) in [4.78, 5) is 35.5. The average molecular weight is 480 g/mol. The second kappa shape index (κ2) is 8.45. The van der Waals surface area contributed by atoms with Gasteiger partial charge in [-0.25, -0.2) is 4.68 Å². The summed E-state index contributed by atoms with van der Waals surface area (Å²) in [6.07, 6.45) is 0. The monoisotopic (exact) mass is 480 g/mol. The van der Waals surface area contributed by atoms with E-state index in [9.17, 15) is 34.8 Å². The highest BCUT2D eigenvalue weighted by atomic mass is 16.8. The summed E-state index contributed by atoms with van der Waals surface area (Å²) in [6, 6.07) is 9.40. The Morgan fingerprint density at radius 3 is 1.97 bits per heavy atom. The summed E-state index contributed by atoms with van der Waals surface area (Å²) >= 11 is 0. The number of para-hydroxylation sites is 1. The Morgan fingerprint density at radius 2 is 1.44 bits per heavy atom. The first kappa shape index (κ1) is 25.3. The Kier molecular flexibility index (Phi) is 6.28. The van der Waals surface area contributed by atoms with Crippen LogP contribution in [0.15, 0.2) is 36.4 Å². The fourth-order valence-corrected chi connectivity index (χ4v) is 3.69. The summed E-state index contributed by atoms with van der Waals surface area (Å²) in [5.74, 6) is -17.9. The van der Waals surface area contributed by atoms with Gasteiger partial charge >= 0.3 is 35.3 Å². The van der Waals surface area contributed by atoms with E-state index in [1.807, 2.05) is 0 Å². The molecule has 0 aliphatic carbocycles. The molecule has 34 heavy (non-hydrogen) atoms. The summed E-state index contributed by atoms with van der Waals surface area (Å²) in [7, 11) is 0. The van der Waals surface area contributed by atoms with Gasteiger partial charge in [0.15, 0.2) is 0 Å². The topological polar surface area (TPSA) is 187 Å². The molecule has 0 amide bonds.